The van der Waals surface area contributed by atoms with Crippen molar-refractivity contribution in [1.29, 1.82) is 0 Å². The number of carboxylic acid groups (broad SMARTS) is 1. The highest BCUT2D eigenvalue weighted by Crippen LogP contribution is 2.42. The monoisotopic (exact) mass is 416 g/mol. The van der Waals surface area contributed by atoms with Crippen molar-refractivity contribution < 1.29 is 9.90 Å². The van der Waals surface area contributed by atoms with Gasteiger partial charge in [-0.05, 0) is 70.1 Å². The van der Waals surface area contributed by atoms with Crippen LogP contribution in [0.25, 0.3) is 0 Å². The minimum absolute atomic E-state index is 0.284. The second kappa shape index (κ2) is 19.6. The van der Waals surface area contributed by atoms with Crippen LogP contribution in [0.1, 0.15) is 129 Å². The molecule has 0 aromatic rings. The number of hydrogen-bond donors (Lipinski definition) is 1. The fraction of sp³-hybridized carbons (Fsp3) is 0.750. The van der Waals surface area contributed by atoms with Crippen molar-refractivity contribution in [3.8, 4) is 0 Å². The molecule has 30 heavy (non-hydrogen) atoms. The first-order valence-electron chi connectivity index (χ1n) is 12.9. The zero-order chi connectivity index (χ0) is 21.7. The topological polar surface area (TPSA) is 37.3 Å². The summed E-state index contributed by atoms with van der Waals surface area (Å²) in [4.78, 5) is 10.4. The van der Waals surface area contributed by atoms with E-state index in [1.54, 1.807) is 5.57 Å². The SMILES string of the molecule is CCCCCC/C=C\CCCCCCCC[C@H]1C/C1=C\CC/C=C\CCCC(=O)O. The molecule has 0 heterocycles. The summed E-state index contributed by atoms with van der Waals surface area (Å²) >= 11 is 0. The van der Waals surface area contributed by atoms with Crippen LogP contribution >= 0.6 is 0 Å². The molecule has 1 saturated carbocycles. The van der Waals surface area contributed by atoms with Gasteiger partial charge in [-0.25, -0.2) is 0 Å². The van der Waals surface area contributed by atoms with Gasteiger partial charge in [-0.2, -0.15) is 0 Å². The van der Waals surface area contributed by atoms with E-state index < -0.39 is 5.97 Å². The summed E-state index contributed by atoms with van der Waals surface area (Å²) in [5.41, 5.74) is 1.69. The quantitative estimate of drug-likeness (QED) is 0.149. The molecule has 0 spiro atoms. The summed E-state index contributed by atoms with van der Waals surface area (Å²) < 4.78 is 0. The van der Waals surface area contributed by atoms with E-state index in [0.717, 1.165) is 31.6 Å². The van der Waals surface area contributed by atoms with Gasteiger partial charge in [0.2, 0.25) is 0 Å². The molecule has 1 atom stereocenters. The van der Waals surface area contributed by atoms with Crippen LogP contribution in [0.5, 0.6) is 0 Å². The molecular weight excluding hydrogens is 368 g/mol. The lowest BCUT2D eigenvalue weighted by molar-refractivity contribution is -0.137. The van der Waals surface area contributed by atoms with Gasteiger partial charge in [-0.1, -0.05) is 94.2 Å². The van der Waals surface area contributed by atoms with Crippen LogP contribution in [-0.2, 0) is 4.79 Å². The van der Waals surface area contributed by atoms with Crippen molar-refractivity contribution in [2.45, 2.75) is 129 Å². The maximum absolute atomic E-state index is 10.4. The Morgan fingerprint density at radius 2 is 1.33 bits per heavy atom. The summed E-state index contributed by atoms with van der Waals surface area (Å²) in [6.07, 6.45) is 35.0. The summed E-state index contributed by atoms with van der Waals surface area (Å²) in [5.74, 6) is 0.205. The van der Waals surface area contributed by atoms with Crippen LogP contribution < -0.4 is 0 Å². The van der Waals surface area contributed by atoms with E-state index in [9.17, 15) is 4.79 Å². The summed E-state index contributed by atoms with van der Waals surface area (Å²) in [5, 5.41) is 8.59. The smallest absolute Gasteiger partial charge is 0.303 e. The highest BCUT2D eigenvalue weighted by molar-refractivity contribution is 5.66. The molecular formula is C28H48O2. The molecule has 1 aliphatic rings. The third-order valence-corrected chi connectivity index (χ3v) is 6.08. The van der Waals surface area contributed by atoms with Crippen molar-refractivity contribution in [1.82, 2.24) is 0 Å². The Bertz CT molecular complexity index is 501. The van der Waals surface area contributed by atoms with Gasteiger partial charge in [-0.15, -0.1) is 0 Å². The largest absolute Gasteiger partial charge is 0.481 e. The number of rotatable bonds is 21. The van der Waals surface area contributed by atoms with E-state index in [1.165, 1.54) is 89.9 Å². The van der Waals surface area contributed by atoms with Crippen molar-refractivity contribution in [3.63, 3.8) is 0 Å². The average Bonchev–Trinajstić information content (AvgIpc) is 3.48. The molecule has 0 aromatic carbocycles. The lowest BCUT2D eigenvalue weighted by atomic mass is 10.1. The van der Waals surface area contributed by atoms with Crippen LogP contribution in [0.3, 0.4) is 0 Å². The molecule has 0 bridgehead atoms. The van der Waals surface area contributed by atoms with Gasteiger partial charge >= 0.3 is 5.97 Å². The lowest BCUT2D eigenvalue weighted by Crippen LogP contribution is -1.92. The van der Waals surface area contributed by atoms with Crippen LogP contribution in [0.15, 0.2) is 36.0 Å². The number of allylic oxidation sites excluding steroid dienone is 6. The van der Waals surface area contributed by atoms with Gasteiger partial charge < -0.3 is 5.11 Å². The van der Waals surface area contributed by atoms with E-state index in [1.807, 2.05) is 0 Å². The fourth-order valence-electron chi connectivity index (χ4n) is 4.02. The fourth-order valence-corrected chi connectivity index (χ4v) is 4.02. The Kier molecular flexibility index (Phi) is 17.5. The lowest BCUT2D eigenvalue weighted by Gasteiger charge is -2.00. The van der Waals surface area contributed by atoms with E-state index in [-0.39, 0.29) is 6.42 Å². The zero-order valence-corrected chi connectivity index (χ0v) is 19.8. The molecule has 0 aromatic heterocycles. The number of carboxylic acids is 1. The maximum Gasteiger partial charge on any atom is 0.303 e. The summed E-state index contributed by atoms with van der Waals surface area (Å²) in [7, 11) is 0. The number of aliphatic carboxylic acids is 1. The molecule has 0 saturated heterocycles. The first kappa shape index (κ1) is 26.7. The number of unbranched alkanes of at least 4 members (excludes halogenated alkanes) is 12. The predicted octanol–water partition coefficient (Wildman–Crippen LogP) is 9.17. The zero-order valence-electron chi connectivity index (χ0n) is 19.8. The molecule has 1 N–H and O–H groups in total. The van der Waals surface area contributed by atoms with Gasteiger partial charge in [0.15, 0.2) is 0 Å². The second-order valence-electron chi connectivity index (χ2n) is 9.03. The Labute approximate surface area is 186 Å². The summed E-state index contributed by atoms with van der Waals surface area (Å²) in [6.45, 7) is 2.27. The highest BCUT2D eigenvalue weighted by atomic mass is 16.4. The molecule has 1 aliphatic carbocycles. The van der Waals surface area contributed by atoms with Crippen molar-refractivity contribution in [3.05, 3.63) is 36.0 Å². The van der Waals surface area contributed by atoms with Crippen LogP contribution in [0, 0.1) is 5.92 Å². The normalized spacial score (nSPS) is 17.5. The van der Waals surface area contributed by atoms with Gasteiger partial charge in [0, 0.05) is 6.42 Å². The van der Waals surface area contributed by atoms with Gasteiger partial charge in [-0.3, -0.25) is 4.79 Å². The summed E-state index contributed by atoms with van der Waals surface area (Å²) in [6, 6.07) is 0. The van der Waals surface area contributed by atoms with E-state index in [4.69, 9.17) is 5.11 Å². The van der Waals surface area contributed by atoms with Gasteiger partial charge in [0.05, 0.1) is 0 Å². The molecule has 0 unspecified atom stereocenters. The van der Waals surface area contributed by atoms with Crippen LogP contribution in [0.4, 0.5) is 0 Å². The second-order valence-corrected chi connectivity index (χ2v) is 9.03. The first-order valence-corrected chi connectivity index (χ1v) is 12.9. The van der Waals surface area contributed by atoms with Crippen molar-refractivity contribution in [2.24, 2.45) is 5.92 Å². The first-order chi connectivity index (χ1) is 14.7. The third-order valence-electron chi connectivity index (χ3n) is 6.08. The van der Waals surface area contributed by atoms with E-state index in [0.29, 0.717) is 0 Å². The number of carbonyl (C=O) groups is 1. The van der Waals surface area contributed by atoms with Crippen molar-refractivity contribution >= 4 is 5.97 Å². The molecule has 0 amide bonds. The maximum atomic E-state index is 10.4. The molecule has 0 aliphatic heterocycles. The minimum Gasteiger partial charge on any atom is -0.481 e. The standard InChI is InChI=1S/C28H48O2/c1-2-3-4-5-6-7-8-9-10-11-12-13-16-19-22-26-25-27(26)23-20-17-14-15-18-21-24-28(29)30/h7-8,14-15,23,26H,2-6,9-13,16-22,24-25H2,1H3,(H,29,30)/b8-7-,15-14-,27-23+/t26-/m0/s1. The van der Waals surface area contributed by atoms with Crippen LogP contribution in [-0.4, -0.2) is 11.1 Å². The Morgan fingerprint density at radius 1 is 0.767 bits per heavy atom. The minimum atomic E-state index is -0.691. The molecule has 0 radical (unpaired) electrons. The Balaban J connectivity index is 1.81. The third kappa shape index (κ3) is 17.5. The molecule has 1 rings (SSSR count). The molecule has 1 fully saturated rings. The average molecular weight is 417 g/mol. The number of hydrogen-bond acceptors (Lipinski definition) is 1. The van der Waals surface area contributed by atoms with Gasteiger partial charge in [0.1, 0.15) is 0 Å². The molecule has 172 valence electrons. The molecule has 2 heteroatoms. The van der Waals surface area contributed by atoms with E-state index in [2.05, 4.69) is 37.3 Å². The molecule has 2 nitrogen and oxygen atoms in total. The van der Waals surface area contributed by atoms with Crippen LogP contribution in [0.2, 0.25) is 0 Å². The van der Waals surface area contributed by atoms with E-state index >= 15 is 0 Å². The Morgan fingerprint density at radius 3 is 2.00 bits per heavy atom. The Hall–Kier alpha value is -1.31. The predicted molar refractivity (Wildman–Crippen MR) is 131 cm³/mol. The highest BCUT2D eigenvalue weighted by Gasteiger charge is 2.27. The van der Waals surface area contributed by atoms with Gasteiger partial charge in [0.25, 0.3) is 0 Å². The van der Waals surface area contributed by atoms with Crippen molar-refractivity contribution in [2.75, 3.05) is 0 Å².